The van der Waals surface area contributed by atoms with Crippen molar-refractivity contribution in [1.29, 1.82) is 0 Å². The predicted molar refractivity (Wildman–Crippen MR) is 406 cm³/mol. The first-order chi connectivity index (χ1) is 45.4. The number of unbranched alkanes of at least 4 members (excludes halogenated alkanes) is 32. The summed E-state index contributed by atoms with van der Waals surface area (Å²) in [5.74, 6) is 0.773. The van der Waals surface area contributed by atoms with E-state index in [-0.39, 0.29) is 11.6 Å². The molecule has 0 aliphatic heterocycles. The summed E-state index contributed by atoms with van der Waals surface area (Å²) in [6, 6.07) is 34.9. The Morgan fingerprint density at radius 3 is 0.859 bits per heavy atom. The SMILES string of the molecule is CCCCCCCCCCCCC(CCCCCCCCCC)Cn1c2ccc(F)cc2c2cc(-c3cc4c(cc3-c3ccc5c(c3)c3cc(F)ccc3n5CC(CCCCCCCCCC)CCCCCCCCCCCC)c3ccsc3c3sccc43)ccc21. The van der Waals surface area contributed by atoms with Gasteiger partial charge < -0.3 is 9.13 Å². The van der Waals surface area contributed by atoms with Crippen molar-refractivity contribution >= 4 is 97.2 Å². The average Bonchev–Trinajstić information content (AvgIpc) is 1.45. The maximum Gasteiger partial charge on any atom is 0.123 e. The van der Waals surface area contributed by atoms with Crippen LogP contribution >= 0.6 is 22.7 Å². The van der Waals surface area contributed by atoms with Gasteiger partial charge in [-0.2, -0.15) is 0 Å². The summed E-state index contributed by atoms with van der Waals surface area (Å²) in [5.41, 5.74) is 9.29. The smallest absolute Gasteiger partial charge is 0.123 e. The molecule has 2 nitrogen and oxygen atoms in total. The zero-order chi connectivity index (χ0) is 63.7. The minimum atomic E-state index is -0.184. The molecule has 2 atom stereocenters. The van der Waals surface area contributed by atoms with Gasteiger partial charge in [0.25, 0.3) is 0 Å². The highest BCUT2D eigenvalue weighted by Crippen LogP contribution is 2.47. The highest BCUT2D eigenvalue weighted by atomic mass is 32.1. The van der Waals surface area contributed by atoms with E-state index in [4.69, 9.17) is 0 Å². The van der Waals surface area contributed by atoms with E-state index in [1.54, 1.807) is 24.3 Å². The van der Waals surface area contributed by atoms with Gasteiger partial charge in [-0.05, 0) is 166 Å². The standard InChI is InChI=1S/C86H116F2N2S2/c1-5-9-13-17-21-25-27-31-35-39-43-65(41-37-33-29-23-19-15-11-7-3)63-89-81-49-45-67(57-77(81)79-59-69(87)47-51-83(79)89)73-61-75-71-53-55-91-85(71)86-72(54-56-92-86)76(75)62-74(73)68-46-50-82-78(58-68)80-60-70(88)48-52-84(80)90(82)64-66(42-38-34-30-24-20-16-12-8-4)44-40-36-32-28-26-22-18-14-10-6-2/h45-62,65-66H,5-44,63-64H2,1-4H3. The lowest BCUT2D eigenvalue weighted by atomic mass is 9.89. The van der Waals surface area contributed by atoms with Crippen LogP contribution in [0.2, 0.25) is 0 Å². The van der Waals surface area contributed by atoms with Crippen molar-refractivity contribution in [2.24, 2.45) is 11.8 Å². The van der Waals surface area contributed by atoms with Crippen LogP contribution in [0.4, 0.5) is 8.78 Å². The van der Waals surface area contributed by atoms with Crippen LogP contribution in [0.15, 0.2) is 108 Å². The van der Waals surface area contributed by atoms with Crippen LogP contribution in [-0.2, 0) is 13.1 Å². The molecule has 0 aliphatic rings. The number of fused-ring (bicyclic) bond motifs is 12. The van der Waals surface area contributed by atoms with Gasteiger partial charge in [-0.1, -0.05) is 271 Å². The molecule has 0 bridgehead atoms. The molecule has 0 saturated carbocycles. The van der Waals surface area contributed by atoms with Crippen LogP contribution in [0.25, 0.3) is 96.8 Å². The molecule has 6 aromatic carbocycles. The predicted octanol–water partition coefficient (Wildman–Crippen LogP) is 30.0. The van der Waals surface area contributed by atoms with Gasteiger partial charge in [0.15, 0.2) is 0 Å². The Balaban J connectivity index is 0.984. The van der Waals surface area contributed by atoms with E-state index in [1.165, 1.54) is 310 Å². The van der Waals surface area contributed by atoms with Gasteiger partial charge in [-0.15, -0.1) is 22.7 Å². The maximum atomic E-state index is 15.8. The van der Waals surface area contributed by atoms with E-state index in [0.29, 0.717) is 11.8 Å². The Bertz CT molecular complexity index is 3570. The first kappa shape index (κ1) is 69.8. The summed E-state index contributed by atoms with van der Waals surface area (Å²) in [4.78, 5) is 0. The van der Waals surface area contributed by atoms with Crippen LogP contribution in [0.5, 0.6) is 0 Å². The molecule has 0 N–H and O–H groups in total. The lowest BCUT2D eigenvalue weighted by molar-refractivity contribution is 0.364. The van der Waals surface area contributed by atoms with Crippen molar-refractivity contribution in [2.45, 2.75) is 298 Å². The highest BCUT2D eigenvalue weighted by molar-refractivity contribution is 7.26. The summed E-state index contributed by atoms with van der Waals surface area (Å²) >= 11 is 3.68. The van der Waals surface area contributed by atoms with Gasteiger partial charge in [-0.3, -0.25) is 0 Å². The number of aromatic nitrogens is 2. The van der Waals surface area contributed by atoms with E-state index < -0.39 is 0 Å². The second-order valence-corrected chi connectivity index (χ2v) is 30.3. The van der Waals surface area contributed by atoms with E-state index in [1.807, 2.05) is 22.7 Å². The van der Waals surface area contributed by atoms with E-state index in [2.05, 4.69) is 120 Å². The Hall–Kier alpha value is -5.04. The van der Waals surface area contributed by atoms with Crippen LogP contribution < -0.4 is 0 Å². The van der Waals surface area contributed by atoms with Crippen molar-refractivity contribution in [2.75, 3.05) is 0 Å². The first-order valence-electron chi connectivity index (χ1n) is 38.2. The third-order valence-corrected chi connectivity index (χ3v) is 23.3. The van der Waals surface area contributed by atoms with Gasteiger partial charge in [0.2, 0.25) is 0 Å². The maximum absolute atomic E-state index is 15.8. The molecule has 4 heterocycles. The van der Waals surface area contributed by atoms with Crippen LogP contribution in [0.1, 0.15) is 285 Å². The van der Waals surface area contributed by atoms with Crippen molar-refractivity contribution < 1.29 is 8.78 Å². The number of thiophene rings is 2. The Labute approximate surface area is 562 Å². The molecule has 0 amide bonds. The summed E-state index contributed by atoms with van der Waals surface area (Å²) < 4.78 is 39.5. The molecule has 2 unspecified atom stereocenters. The van der Waals surface area contributed by atoms with Gasteiger partial charge >= 0.3 is 0 Å². The molecule has 0 radical (unpaired) electrons. The molecule has 0 saturated heterocycles. The molecule has 0 aliphatic carbocycles. The second kappa shape index (κ2) is 37.3. The molecule has 0 fully saturated rings. The van der Waals surface area contributed by atoms with Crippen LogP contribution in [0.3, 0.4) is 0 Å². The van der Waals surface area contributed by atoms with Gasteiger partial charge in [0.1, 0.15) is 11.6 Å². The first-order valence-corrected chi connectivity index (χ1v) is 39.9. The monoisotopic (exact) mass is 1280 g/mol. The van der Waals surface area contributed by atoms with Crippen LogP contribution in [0, 0.1) is 23.5 Å². The topological polar surface area (TPSA) is 9.86 Å². The molecule has 10 rings (SSSR count). The molecule has 92 heavy (non-hydrogen) atoms. The molecule has 496 valence electrons. The zero-order valence-electron chi connectivity index (χ0n) is 57.7. The second-order valence-electron chi connectivity index (χ2n) is 28.5. The number of benzene rings is 6. The summed E-state index contributed by atoms with van der Waals surface area (Å²) in [6.45, 7) is 11.2. The van der Waals surface area contributed by atoms with Gasteiger partial charge in [-0.25, -0.2) is 8.78 Å². The number of rotatable bonds is 46. The molecule has 10 aromatic rings. The number of hydrogen-bond acceptors (Lipinski definition) is 2. The van der Waals surface area contributed by atoms with Gasteiger partial charge in [0, 0.05) is 67.5 Å². The lowest BCUT2D eigenvalue weighted by Crippen LogP contribution is -2.11. The van der Waals surface area contributed by atoms with E-state index in [0.717, 1.165) is 56.8 Å². The molecule has 0 spiro atoms. The van der Waals surface area contributed by atoms with Crippen molar-refractivity contribution in [3.8, 4) is 22.3 Å². The highest BCUT2D eigenvalue weighted by Gasteiger charge is 2.23. The fourth-order valence-corrected chi connectivity index (χ4v) is 18.0. The molecule has 4 aromatic heterocycles. The van der Waals surface area contributed by atoms with Crippen molar-refractivity contribution in [3.05, 3.63) is 119 Å². The Morgan fingerprint density at radius 2 is 0.554 bits per heavy atom. The zero-order valence-corrected chi connectivity index (χ0v) is 59.3. The Morgan fingerprint density at radius 1 is 0.283 bits per heavy atom. The van der Waals surface area contributed by atoms with Crippen molar-refractivity contribution in [1.82, 2.24) is 9.13 Å². The summed E-state index contributed by atoms with van der Waals surface area (Å²) in [6.07, 6.45) is 53.5. The lowest BCUT2D eigenvalue weighted by Gasteiger charge is -2.20. The largest absolute Gasteiger partial charge is 0.340 e. The number of nitrogens with zero attached hydrogens (tertiary/aromatic N) is 2. The van der Waals surface area contributed by atoms with Crippen molar-refractivity contribution in [3.63, 3.8) is 0 Å². The molecule has 6 heteroatoms. The average molecular weight is 1280 g/mol. The van der Waals surface area contributed by atoms with E-state index in [9.17, 15) is 0 Å². The fourth-order valence-electron chi connectivity index (χ4n) is 15.9. The molecular formula is C86H116F2N2S2. The summed E-state index contributed by atoms with van der Waals surface area (Å²) in [5, 5.41) is 13.9. The third kappa shape index (κ3) is 18.7. The Kier molecular flexibility index (Phi) is 28.3. The molecular weight excluding hydrogens is 1160 g/mol. The van der Waals surface area contributed by atoms with Crippen LogP contribution in [-0.4, -0.2) is 9.13 Å². The number of halogens is 2. The normalized spacial score (nSPS) is 12.9. The van der Waals surface area contributed by atoms with Gasteiger partial charge in [0.05, 0.1) is 9.40 Å². The third-order valence-electron chi connectivity index (χ3n) is 21.3. The number of hydrogen-bond donors (Lipinski definition) is 0. The minimum Gasteiger partial charge on any atom is -0.340 e. The minimum absolute atomic E-state index is 0.184. The quantitative estimate of drug-likeness (QED) is 0.0337. The summed E-state index contributed by atoms with van der Waals surface area (Å²) in [7, 11) is 0. The fraction of sp³-hybridized carbons (Fsp3) is 0.558. The van der Waals surface area contributed by atoms with E-state index >= 15 is 8.78 Å².